The Bertz CT molecular complexity index is 769. The molecular formula is C20H23N2O4+. The number of benzene rings is 2. The fraction of sp³-hybridized carbons (Fsp3) is 0.250. The van der Waals surface area contributed by atoms with Crippen molar-refractivity contribution >= 4 is 29.5 Å². The minimum Gasteiger partial charge on any atom is -0.461 e. The van der Waals surface area contributed by atoms with Crippen molar-refractivity contribution in [3.8, 4) is 0 Å². The van der Waals surface area contributed by atoms with E-state index in [9.17, 15) is 9.59 Å². The molecule has 2 aromatic rings. The minimum absolute atomic E-state index is 0.151. The van der Waals surface area contributed by atoms with Crippen molar-refractivity contribution in [3.63, 3.8) is 0 Å². The van der Waals surface area contributed by atoms with Crippen LogP contribution in [0.4, 0.5) is 11.4 Å². The van der Waals surface area contributed by atoms with Gasteiger partial charge >= 0.3 is 18.0 Å². The van der Waals surface area contributed by atoms with Crippen LogP contribution in [0.3, 0.4) is 0 Å². The second kappa shape index (κ2) is 9.36. The number of ether oxygens (including phenoxy) is 2. The molecular weight excluding hydrogens is 332 g/mol. The molecule has 6 heteroatoms. The Hall–Kier alpha value is -3.15. The number of hydrogen-bond acceptors (Lipinski definition) is 5. The standard InChI is InChI=1S/C20H23N2O4/c1-3-25-19(23)18(20(24)26-4-2)22(14-15-10-6-5-7-11-15)17-13-9-8-12-16(17)21/h5-14,18H,3-4,21H2,1-2H3/q+1. The number of para-hydroxylation sites is 2. The number of rotatable bonds is 7. The number of anilines is 1. The van der Waals surface area contributed by atoms with E-state index in [1.807, 2.05) is 30.3 Å². The lowest BCUT2D eigenvalue weighted by atomic mass is 10.1. The summed E-state index contributed by atoms with van der Waals surface area (Å²) in [5.41, 5.74) is 7.84. The third-order valence-electron chi connectivity index (χ3n) is 3.60. The Morgan fingerprint density at radius 2 is 1.50 bits per heavy atom. The van der Waals surface area contributed by atoms with Crippen molar-refractivity contribution in [1.29, 1.82) is 0 Å². The van der Waals surface area contributed by atoms with Gasteiger partial charge in [0.1, 0.15) is 5.69 Å². The van der Waals surface area contributed by atoms with Crippen LogP contribution in [-0.4, -0.2) is 42.0 Å². The highest BCUT2D eigenvalue weighted by Gasteiger charge is 2.42. The van der Waals surface area contributed by atoms with Crippen LogP contribution in [0.5, 0.6) is 0 Å². The largest absolute Gasteiger partial charge is 0.461 e. The zero-order chi connectivity index (χ0) is 18.9. The second-order valence-electron chi connectivity index (χ2n) is 5.41. The van der Waals surface area contributed by atoms with Crippen molar-refractivity contribution in [2.75, 3.05) is 18.9 Å². The number of nitrogen functional groups attached to an aromatic ring is 1. The lowest BCUT2D eigenvalue weighted by Gasteiger charge is -2.14. The minimum atomic E-state index is -1.29. The van der Waals surface area contributed by atoms with Crippen LogP contribution in [0, 0.1) is 0 Å². The maximum Gasteiger partial charge on any atom is 0.388 e. The van der Waals surface area contributed by atoms with Gasteiger partial charge in [0, 0.05) is 11.6 Å². The van der Waals surface area contributed by atoms with Crippen LogP contribution >= 0.6 is 0 Å². The van der Waals surface area contributed by atoms with Crippen LogP contribution in [0.2, 0.25) is 0 Å². The Morgan fingerprint density at radius 1 is 0.962 bits per heavy atom. The third kappa shape index (κ3) is 4.69. The molecule has 0 aliphatic carbocycles. The van der Waals surface area contributed by atoms with E-state index in [1.54, 1.807) is 44.3 Å². The van der Waals surface area contributed by atoms with Gasteiger partial charge < -0.3 is 15.2 Å². The van der Waals surface area contributed by atoms with Crippen molar-refractivity contribution in [3.05, 3.63) is 60.2 Å². The van der Waals surface area contributed by atoms with Gasteiger partial charge in [-0.15, -0.1) is 0 Å². The third-order valence-corrected chi connectivity index (χ3v) is 3.60. The monoisotopic (exact) mass is 355 g/mol. The molecule has 0 amide bonds. The summed E-state index contributed by atoms with van der Waals surface area (Å²) in [6.07, 6.45) is 1.68. The van der Waals surface area contributed by atoms with Crippen molar-refractivity contribution in [2.45, 2.75) is 19.9 Å². The van der Waals surface area contributed by atoms with Gasteiger partial charge in [0.25, 0.3) is 0 Å². The number of esters is 2. The Labute approximate surface area is 152 Å². The van der Waals surface area contributed by atoms with Crippen LogP contribution in [0.25, 0.3) is 0 Å². The first-order chi connectivity index (χ1) is 12.6. The first-order valence-electron chi connectivity index (χ1n) is 8.44. The molecule has 26 heavy (non-hydrogen) atoms. The van der Waals surface area contributed by atoms with Crippen molar-refractivity contribution in [1.82, 2.24) is 0 Å². The topological polar surface area (TPSA) is 81.6 Å². The average molecular weight is 355 g/mol. The van der Waals surface area contributed by atoms with E-state index < -0.39 is 18.0 Å². The highest BCUT2D eigenvalue weighted by atomic mass is 16.6. The van der Waals surface area contributed by atoms with E-state index >= 15 is 0 Å². The number of nitrogens with two attached hydrogens (primary N) is 1. The van der Waals surface area contributed by atoms with Gasteiger partial charge in [-0.3, -0.25) is 0 Å². The van der Waals surface area contributed by atoms with Gasteiger partial charge in [-0.1, -0.05) is 30.3 Å². The van der Waals surface area contributed by atoms with E-state index in [0.29, 0.717) is 11.4 Å². The number of carbonyl (C=O) groups excluding carboxylic acids is 2. The SMILES string of the molecule is CCOC(=O)C(C(=O)OCC)[N+](=Cc1ccccc1)c1ccccc1N. The molecule has 2 rings (SSSR count). The molecule has 0 saturated heterocycles. The van der Waals surface area contributed by atoms with Gasteiger partial charge in [0.15, 0.2) is 6.21 Å². The molecule has 0 radical (unpaired) electrons. The van der Waals surface area contributed by atoms with Gasteiger partial charge in [-0.05, 0) is 32.0 Å². The van der Waals surface area contributed by atoms with E-state index in [1.165, 1.54) is 4.58 Å². The molecule has 0 spiro atoms. The molecule has 0 saturated carbocycles. The first kappa shape index (κ1) is 19.2. The Kier molecular flexibility index (Phi) is 6.91. The summed E-state index contributed by atoms with van der Waals surface area (Å²) < 4.78 is 11.7. The van der Waals surface area contributed by atoms with Gasteiger partial charge in [0.2, 0.25) is 5.69 Å². The van der Waals surface area contributed by atoms with E-state index in [0.717, 1.165) is 5.56 Å². The maximum absolute atomic E-state index is 12.6. The molecule has 0 atom stereocenters. The summed E-state index contributed by atoms with van der Waals surface area (Å²) in [5, 5.41) is 0. The average Bonchev–Trinajstić information content (AvgIpc) is 2.63. The van der Waals surface area contributed by atoms with Gasteiger partial charge in [0.05, 0.1) is 13.2 Å². The molecule has 0 heterocycles. The van der Waals surface area contributed by atoms with Crippen LogP contribution in [0.1, 0.15) is 19.4 Å². The van der Waals surface area contributed by atoms with E-state index in [2.05, 4.69) is 0 Å². The number of nitrogens with zero attached hydrogens (tertiary/aromatic N) is 1. The fourth-order valence-electron chi connectivity index (χ4n) is 2.47. The molecule has 0 aliphatic heterocycles. The van der Waals surface area contributed by atoms with Crippen molar-refractivity contribution in [2.24, 2.45) is 0 Å². The summed E-state index contributed by atoms with van der Waals surface area (Å²) >= 11 is 0. The van der Waals surface area contributed by atoms with E-state index in [-0.39, 0.29) is 13.2 Å². The summed E-state index contributed by atoms with van der Waals surface area (Å²) in [4.78, 5) is 25.1. The smallest absolute Gasteiger partial charge is 0.388 e. The van der Waals surface area contributed by atoms with Gasteiger partial charge in [-0.2, -0.15) is 4.58 Å². The molecule has 0 unspecified atom stereocenters. The predicted octanol–water partition coefficient (Wildman–Crippen LogP) is 2.53. The van der Waals surface area contributed by atoms with Crippen LogP contribution in [-0.2, 0) is 19.1 Å². The first-order valence-corrected chi connectivity index (χ1v) is 8.44. The summed E-state index contributed by atoms with van der Waals surface area (Å²) in [7, 11) is 0. The lowest BCUT2D eigenvalue weighted by Crippen LogP contribution is -2.42. The summed E-state index contributed by atoms with van der Waals surface area (Å²) in [5.74, 6) is -1.39. The molecule has 0 bridgehead atoms. The fourth-order valence-corrected chi connectivity index (χ4v) is 2.47. The summed E-state index contributed by atoms with van der Waals surface area (Å²) in [6.45, 7) is 3.67. The Morgan fingerprint density at radius 3 is 2.04 bits per heavy atom. The van der Waals surface area contributed by atoms with E-state index in [4.69, 9.17) is 15.2 Å². The highest BCUT2D eigenvalue weighted by molar-refractivity contribution is 5.99. The molecule has 0 fully saturated rings. The molecule has 0 aromatic heterocycles. The van der Waals surface area contributed by atoms with Crippen molar-refractivity contribution < 1.29 is 23.6 Å². The second-order valence-corrected chi connectivity index (χ2v) is 5.41. The molecule has 0 aliphatic rings. The quantitative estimate of drug-likeness (QED) is 0.271. The summed E-state index contributed by atoms with van der Waals surface area (Å²) in [6, 6.07) is 15.0. The molecule has 2 N–H and O–H groups in total. The zero-order valence-electron chi connectivity index (χ0n) is 14.9. The number of carbonyl (C=O) groups is 2. The van der Waals surface area contributed by atoms with Crippen LogP contribution < -0.4 is 5.73 Å². The van der Waals surface area contributed by atoms with Gasteiger partial charge in [-0.25, -0.2) is 9.59 Å². The highest BCUT2D eigenvalue weighted by Crippen LogP contribution is 2.24. The zero-order valence-corrected chi connectivity index (χ0v) is 14.9. The normalized spacial score (nSPS) is 11.3. The molecule has 136 valence electrons. The van der Waals surface area contributed by atoms with Crippen LogP contribution in [0.15, 0.2) is 54.6 Å². The maximum atomic E-state index is 12.6. The molecule has 2 aromatic carbocycles. The molecule has 6 nitrogen and oxygen atoms in total. The predicted molar refractivity (Wildman–Crippen MR) is 99.4 cm³/mol. The Balaban J connectivity index is 2.62. The lowest BCUT2D eigenvalue weighted by molar-refractivity contribution is -0.457. The number of hydrogen-bond donors (Lipinski definition) is 1.